The number of aromatic nitrogens is 1. The maximum Gasteiger partial charge on any atom is 0.306 e. The third-order valence-corrected chi connectivity index (χ3v) is 4.23. The Balaban J connectivity index is 0.00000625. The molecule has 0 aromatic carbocycles. The van der Waals surface area contributed by atoms with Gasteiger partial charge in [0.1, 0.15) is 10.6 Å². The molecule has 2 N–H and O–H groups in total. The Labute approximate surface area is 178 Å². The van der Waals surface area contributed by atoms with E-state index in [1.165, 1.54) is 4.88 Å². The van der Waals surface area contributed by atoms with Gasteiger partial charge in [0.05, 0.1) is 6.54 Å². The molecule has 0 aliphatic heterocycles. The van der Waals surface area contributed by atoms with Gasteiger partial charge in [0.15, 0.2) is 5.96 Å². The van der Waals surface area contributed by atoms with Crippen molar-refractivity contribution in [1.29, 1.82) is 0 Å². The second-order valence-corrected chi connectivity index (χ2v) is 8.29. The van der Waals surface area contributed by atoms with Crippen molar-refractivity contribution in [3.63, 3.8) is 0 Å². The van der Waals surface area contributed by atoms with Crippen LogP contribution in [0.4, 0.5) is 0 Å². The number of carbonyl (C=O) groups excluding carboxylic acids is 1. The number of unbranched alkanes of at least 4 members (excludes halogenated alkanes) is 3. The molecular weight excluding hydrogens is 463 g/mol. The fraction of sp³-hybridized carbons (Fsp3) is 0.722. The van der Waals surface area contributed by atoms with Gasteiger partial charge in [0.2, 0.25) is 0 Å². The van der Waals surface area contributed by atoms with E-state index in [1.54, 1.807) is 18.4 Å². The molecule has 6 nitrogen and oxygen atoms in total. The average molecular weight is 496 g/mol. The Morgan fingerprint density at radius 1 is 1.23 bits per heavy atom. The van der Waals surface area contributed by atoms with Crippen LogP contribution in [0.25, 0.3) is 0 Å². The van der Waals surface area contributed by atoms with Crippen molar-refractivity contribution in [2.45, 2.75) is 71.9 Å². The van der Waals surface area contributed by atoms with Gasteiger partial charge in [0.25, 0.3) is 0 Å². The van der Waals surface area contributed by atoms with E-state index in [-0.39, 0.29) is 35.5 Å². The zero-order valence-corrected chi connectivity index (χ0v) is 19.7. The number of nitrogens with zero attached hydrogens (tertiary/aromatic N) is 2. The summed E-state index contributed by atoms with van der Waals surface area (Å²) in [5.74, 6) is 0.689. The quantitative estimate of drug-likeness (QED) is 0.178. The summed E-state index contributed by atoms with van der Waals surface area (Å²) in [4.78, 5) is 21.4. The van der Waals surface area contributed by atoms with Crippen molar-refractivity contribution < 1.29 is 9.53 Å². The monoisotopic (exact) mass is 496 g/mol. The van der Waals surface area contributed by atoms with Gasteiger partial charge in [-0.1, -0.05) is 12.8 Å². The summed E-state index contributed by atoms with van der Waals surface area (Å²) < 4.78 is 5.30. The zero-order valence-electron chi connectivity index (χ0n) is 16.6. The van der Waals surface area contributed by atoms with E-state index in [0.29, 0.717) is 13.0 Å². The average Bonchev–Trinajstić information content (AvgIpc) is 2.93. The van der Waals surface area contributed by atoms with Crippen molar-refractivity contribution in [3.05, 3.63) is 16.1 Å². The van der Waals surface area contributed by atoms with E-state index >= 15 is 0 Å². The van der Waals surface area contributed by atoms with E-state index in [9.17, 15) is 4.79 Å². The van der Waals surface area contributed by atoms with Gasteiger partial charge in [-0.15, -0.1) is 35.3 Å². The number of esters is 1. The summed E-state index contributed by atoms with van der Waals surface area (Å²) in [7, 11) is 1.77. The first-order valence-corrected chi connectivity index (χ1v) is 9.69. The Hall–Kier alpha value is -0.900. The third kappa shape index (κ3) is 12.5. The Morgan fingerprint density at radius 3 is 2.50 bits per heavy atom. The molecule has 8 heteroatoms. The molecular formula is C18H33IN4O2S. The number of guanidine groups is 1. The fourth-order valence-corrected chi connectivity index (χ4v) is 2.94. The smallest absolute Gasteiger partial charge is 0.306 e. The fourth-order valence-electron chi connectivity index (χ4n) is 2.21. The highest BCUT2D eigenvalue weighted by atomic mass is 127. The molecule has 0 bridgehead atoms. The predicted octanol–water partition coefficient (Wildman–Crippen LogP) is 4.03. The van der Waals surface area contributed by atoms with E-state index < -0.39 is 0 Å². The molecule has 0 radical (unpaired) electrons. The zero-order chi connectivity index (χ0) is 18.7. The number of nitrogens with one attached hydrogen (secondary N) is 2. The van der Waals surface area contributed by atoms with Crippen molar-refractivity contribution >= 4 is 47.2 Å². The van der Waals surface area contributed by atoms with Crippen LogP contribution >= 0.6 is 35.3 Å². The molecule has 0 aliphatic carbocycles. The number of hydrogen-bond acceptors (Lipinski definition) is 5. The normalized spacial score (nSPS) is 11.7. The molecule has 26 heavy (non-hydrogen) atoms. The molecule has 0 aliphatic rings. The van der Waals surface area contributed by atoms with Gasteiger partial charge in [0, 0.05) is 31.1 Å². The maximum absolute atomic E-state index is 11.6. The van der Waals surface area contributed by atoms with Gasteiger partial charge in [-0.3, -0.25) is 9.79 Å². The van der Waals surface area contributed by atoms with Crippen molar-refractivity contribution in [2.24, 2.45) is 4.99 Å². The molecule has 150 valence electrons. The highest BCUT2D eigenvalue weighted by molar-refractivity contribution is 14.0. The van der Waals surface area contributed by atoms with Gasteiger partial charge < -0.3 is 15.4 Å². The van der Waals surface area contributed by atoms with Gasteiger partial charge in [-0.05, 0) is 40.5 Å². The topological polar surface area (TPSA) is 75.6 Å². The summed E-state index contributed by atoms with van der Waals surface area (Å²) >= 11 is 1.69. The Bertz CT molecular complexity index is 556. The number of aliphatic imine (C=N–C) groups is 1. The largest absolute Gasteiger partial charge is 0.460 e. The van der Waals surface area contributed by atoms with Crippen LogP contribution in [0.1, 0.15) is 62.8 Å². The SMILES string of the molecule is CN=C(NCCCCCCC(=O)OC(C)(C)C)NCc1ncc(C)s1.I. The molecule has 1 rings (SSSR count). The number of rotatable bonds is 9. The minimum Gasteiger partial charge on any atom is -0.460 e. The molecule has 1 heterocycles. The van der Waals surface area contributed by atoms with Crippen LogP contribution in [0.3, 0.4) is 0 Å². The summed E-state index contributed by atoms with van der Waals surface area (Å²) in [6, 6.07) is 0. The number of halogens is 1. The number of thiazole rings is 1. The lowest BCUT2D eigenvalue weighted by Crippen LogP contribution is -2.37. The molecule has 0 unspecified atom stereocenters. The Kier molecular flexibility index (Phi) is 12.8. The number of aryl methyl sites for hydroxylation is 1. The second-order valence-electron chi connectivity index (χ2n) is 6.97. The van der Waals surface area contributed by atoms with Crippen molar-refractivity contribution in [2.75, 3.05) is 13.6 Å². The van der Waals surface area contributed by atoms with Crippen LogP contribution in [0.5, 0.6) is 0 Å². The summed E-state index contributed by atoms with van der Waals surface area (Å²) in [5.41, 5.74) is -0.388. The maximum atomic E-state index is 11.6. The molecule has 0 atom stereocenters. The second kappa shape index (κ2) is 13.3. The van der Waals surface area contributed by atoms with Crippen LogP contribution < -0.4 is 10.6 Å². The van der Waals surface area contributed by atoms with Gasteiger partial charge >= 0.3 is 5.97 Å². The van der Waals surface area contributed by atoms with E-state index in [2.05, 4.69) is 27.5 Å². The molecule has 0 fully saturated rings. The van der Waals surface area contributed by atoms with Crippen LogP contribution in [-0.2, 0) is 16.1 Å². The van der Waals surface area contributed by atoms with E-state index in [4.69, 9.17) is 4.74 Å². The van der Waals surface area contributed by atoms with E-state index in [1.807, 2.05) is 27.0 Å². The predicted molar refractivity (Wildman–Crippen MR) is 119 cm³/mol. The molecule has 0 saturated heterocycles. The lowest BCUT2D eigenvalue weighted by atomic mass is 10.1. The van der Waals surface area contributed by atoms with Crippen LogP contribution in [0.15, 0.2) is 11.2 Å². The first-order chi connectivity index (χ1) is 11.8. The first-order valence-electron chi connectivity index (χ1n) is 8.88. The van der Waals surface area contributed by atoms with Crippen LogP contribution in [0.2, 0.25) is 0 Å². The van der Waals surface area contributed by atoms with Crippen molar-refractivity contribution in [1.82, 2.24) is 15.6 Å². The number of hydrogen-bond donors (Lipinski definition) is 2. The summed E-state index contributed by atoms with van der Waals surface area (Å²) in [6.45, 7) is 9.29. The molecule has 0 amide bonds. The van der Waals surface area contributed by atoms with Crippen LogP contribution in [-0.4, -0.2) is 36.1 Å². The minimum absolute atomic E-state index is 0. The number of ether oxygens (including phenoxy) is 1. The van der Waals surface area contributed by atoms with E-state index in [0.717, 1.165) is 43.2 Å². The lowest BCUT2D eigenvalue weighted by Gasteiger charge is -2.19. The highest BCUT2D eigenvalue weighted by Gasteiger charge is 2.15. The minimum atomic E-state index is -0.388. The third-order valence-electron chi connectivity index (χ3n) is 3.32. The standard InChI is InChI=1S/C18H32N4O2S.HI/c1-14-12-21-15(25-14)13-22-17(19-5)20-11-9-7-6-8-10-16(23)24-18(2,3)4;/h12H,6-11,13H2,1-5H3,(H2,19,20,22);1H. The lowest BCUT2D eigenvalue weighted by molar-refractivity contribution is -0.154. The number of carbonyl (C=O) groups is 1. The molecule has 0 saturated carbocycles. The van der Waals surface area contributed by atoms with Crippen LogP contribution in [0, 0.1) is 6.92 Å². The summed E-state index contributed by atoms with van der Waals surface area (Å²) in [6.07, 6.45) is 6.43. The first kappa shape index (κ1) is 25.1. The van der Waals surface area contributed by atoms with Gasteiger partial charge in [-0.25, -0.2) is 4.98 Å². The highest BCUT2D eigenvalue weighted by Crippen LogP contribution is 2.11. The molecule has 0 spiro atoms. The molecule has 1 aromatic heterocycles. The van der Waals surface area contributed by atoms with Gasteiger partial charge in [-0.2, -0.15) is 0 Å². The van der Waals surface area contributed by atoms with Crippen molar-refractivity contribution in [3.8, 4) is 0 Å². The summed E-state index contributed by atoms with van der Waals surface area (Å²) in [5, 5.41) is 7.62. The molecule has 1 aromatic rings. The Morgan fingerprint density at radius 2 is 1.92 bits per heavy atom.